The molecule has 1 nitrogen and oxygen atoms in total. The van der Waals surface area contributed by atoms with Gasteiger partial charge in [-0.2, -0.15) is 0 Å². The molecule has 0 spiro atoms. The van der Waals surface area contributed by atoms with Crippen LogP contribution in [0.3, 0.4) is 0 Å². The van der Waals surface area contributed by atoms with E-state index in [1.807, 2.05) is 6.92 Å². The van der Waals surface area contributed by atoms with Crippen molar-refractivity contribution in [2.45, 2.75) is 51.6 Å². The molecule has 0 saturated heterocycles. The fourth-order valence-electron chi connectivity index (χ4n) is 2.94. The van der Waals surface area contributed by atoms with Crippen LogP contribution in [0.4, 0.5) is 8.78 Å². The Hall–Kier alpha value is -0.960. The van der Waals surface area contributed by atoms with Crippen molar-refractivity contribution < 1.29 is 8.78 Å². The van der Waals surface area contributed by atoms with Crippen molar-refractivity contribution in [2.75, 3.05) is 0 Å². The minimum atomic E-state index is -0.320. The molecule has 2 saturated carbocycles. The third-order valence-corrected chi connectivity index (χ3v) is 4.45. The van der Waals surface area contributed by atoms with E-state index < -0.39 is 0 Å². The summed E-state index contributed by atoms with van der Waals surface area (Å²) in [5.41, 5.74) is 0.823. The summed E-state index contributed by atoms with van der Waals surface area (Å²) >= 11 is 0. The number of aryl methyl sites for hydroxylation is 1. The lowest BCUT2D eigenvalue weighted by Gasteiger charge is -2.24. The van der Waals surface area contributed by atoms with Crippen LogP contribution in [0.2, 0.25) is 0 Å². The zero-order valence-electron chi connectivity index (χ0n) is 11.5. The highest BCUT2D eigenvalue weighted by molar-refractivity contribution is 5.27. The molecule has 0 amide bonds. The summed E-state index contributed by atoms with van der Waals surface area (Å²) in [6, 6.07) is 3.02. The molecule has 1 aromatic carbocycles. The second kappa shape index (κ2) is 4.86. The standard InChI is InChI=1S/C16H21F2N/c1-9-7-15(18)13(8-14(9)17)10(2)19-16(11-3-4-11)12-5-6-12/h7-8,10-12,16,19H,3-6H2,1-2H3. The van der Waals surface area contributed by atoms with Crippen LogP contribution >= 0.6 is 0 Å². The van der Waals surface area contributed by atoms with E-state index in [0.717, 1.165) is 11.8 Å². The molecular formula is C16H21F2N. The van der Waals surface area contributed by atoms with Gasteiger partial charge in [0.2, 0.25) is 0 Å². The van der Waals surface area contributed by atoms with E-state index in [1.165, 1.54) is 37.8 Å². The second-order valence-corrected chi connectivity index (χ2v) is 6.21. The molecule has 0 aromatic heterocycles. The van der Waals surface area contributed by atoms with Crippen molar-refractivity contribution >= 4 is 0 Å². The van der Waals surface area contributed by atoms with Crippen molar-refractivity contribution in [1.29, 1.82) is 0 Å². The maximum atomic E-state index is 14.0. The van der Waals surface area contributed by atoms with Crippen LogP contribution in [0.25, 0.3) is 0 Å². The van der Waals surface area contributed by atoms with Gasteiger partial charge in [-0.1, -0.05) is 0 Å². The van der Waals surface area contributed by atoms with Crippen LogP contribution < -0.4 is 5.32 Å². The van der Waals surface area contributed by atoms with Gasteiger partial charge in [0.15, 0.2) is 0 Å². The molecule has 2 fully saturated rings. The molecule has 2 aliphatic carbocycles. The van der Waals surface area contributed by atoms with Crippen molar-refractivity contribution in [2.24, 2.45) is 11.8 Å². The summed E-state index contributed by atoms with van der Waals surface area (Å²) < 4.78 is 27.6. The molecule has 0 aliphatic heterocycles. The Bertz CT molecular complexity index is 466. The topological polar surface area (TPSA) is 12.0 Å². The number of rotatable bonds is 5. The molecule has 1 N–H and O–H groups in total. The SMILES string of the molecule is Cc1cc(F)c(C(C)NC(C2CC2)C2CC2)cc1F. The van der Waals surface area contributed by atoms with E-state index >= 15 is 0 Å². The highest BCUT2D eigenvalue weighted by Gasteiger charge is 2.41. The van der Waals surface area contributed by atoms with Crippen molar-refractivity contribution in [1.82, 2.24) is 5.32 Å². The third kappa shape index (κ3) is 2.81. The Balaban J connectivity index is 1.75. The number of nitrogens with one attached hydrogen (secondary N) is 1. The minimum Gasteiger partial charge on any atom is -0.307 e. The van der Waals surface area contributed by atoms with Gasteiger partial charge >= 0.3 is 0 Å². The monoisotopic (exact) mass is 265 g/mol. The predicted octanol–water partition coefficient (Wildman–Crippen LogP) is 4.11. The zero-order chi connectivity index (χ0) is 13.6. The Morgan fingerprint density at radius 2 is 1.63 bits per heavy atom. The first-order valence-electron chi connectivity index (χ1n) is 7.28. The molecule has 1 aromatic rings. The largest absolute Gasteiger partial charge is 0.307 e. The van der Waals surface area contributed by atoms with E-state index in [-0.39, 0.29) is 17.7 Å². The van der Waals surface area contributed by atoms with E-state index in [1.54, 1.807) is 6.92 Å². The summed E-state index contributed by atoms with van der Waals surface area (Å²) in [7, 11) is 0. The maximum Gasteiger partial charge on any atom is 0.128 e. The second-order valence-electron chi connectivity index (χ2n) is 6.21. The Morgan fingerprint density at radius 3 is 2.16 bits per heavy atom. The number of halogens is 2. The van der Waals surface area contributed by atoms with Gasteiger partial charge in [-0.15, -0.1) is 0 Å². The van der Waals surface area contributed by atoms with Crippen LogP contribution in [-0.4, -0.2) is 6.04 Å². The van der Waals surface area contributed by atoms with Crippen molar-refractivity contribution in [3.63, 3.8) is 0 Å². The molecule has 1 unspecified atom stereocenters. The first-order chi connectivity index (χ1) is 9.06. The van der Waals surface area contributed by atoms with Crippen molar-refractivity contribution in [3.8, 4) is 0 Å². The quantitative estimate of drug-likeness (QED) is 0.844. The van der Waals surface area contributed by atoms with Crippen LogP contribution in [0.1, 0.15) is 49.8 Å². The van der Waals surface area contributed by atoms with Gasteiger partial charge in [0.25, 0.3) is 0 Å². The summed E-state index contributed by atoms with van der Waals surface area (Å²) in [5, 5.41) is 3.54. The molecule has 0 radical (unpaired) electrons. The average molecular weight is 265 g/mol. The number of hydrogen-bond acceptors (Lipinski definition) is 1. The fraction of sp³-hybridized carbons (Fsp3) is 0.625. The summed E-state index contributed by atoms with van der Waals surface area (Å²) in [6.45, 7) is 3.53. The van der Waals surface area contributed by atoms with Crippen LogP contribution in [0, 0.1) is 30.4 Å². The molecule has 3 heteroatoms. The number of benzene rings is 1. The normalized spacial score (nSPS) is 20.9. The predicted molar refractivity (Wildman–Crippen MR) is 71.9 cm³/mol. The van der Waals surface area contributed by atoms with Gasteiger partial charge in [0.1, 0.15) is 11.6 Å². The number of hydrogen-bond donors (Lipinski definition) is 1. The van der Waals surface area contributed by atoms with Gasteiger partial charge in [-0.3, -0.25) is 0 Å². The Kier molecular flexibility index (Phi) is 3.34. The lowest BCUT2D eigenvalue weighted by Crippen LogP contribution is -2.35. The molecule has 1 atom stereocenters. The fourth-order valence-corrected chi connectivity index (χ4v) is 2.94. The minimum absolute atomic E-state index is 0.124. The van der Waals surface area contributed by atoms with Gasteiger partial charge in [-0.25, -0.2) is 8.78 Å². The van der Waals surface area contributed by atoms with E-state index in [2.05, 4.69) is 5.32 Å². The van der Waals surface area contributed by atoms with Gasteiger partial charge in [0, 0.05) is 17.6 Å². The van der Waals surface area contributed by atoms with Crippen molar-refractivity contribution in [3.05, 3.63) is 34.9 Å². The van der Waals surface area contributed by atoms with Gasteiger partial charge < -0.3 is 5.32 Å². The molecule has 0 bridgehead atoms. The highest BCUT2D eigenvalue weighted by Crippen LogP contribution is 2.45. The smallest absolute Gasteiger partial charge is 0.128 e. The molecule has 0 heterocycles. The lowest BCUT2D eigenvalue weighted by molar-refractivity contribution is 0.370. The summed E-state index contributed by atoms with van der Waals surface area (Å²) in [5.74, 6) is 0.894. The Morgan fingerprint density at radius 1 is 1.05 bits per heavy atom. The highest BCUT2D eigenvalue weighted by atomic mass is 19.1. The van der Waals surface area contributed by atoms with Crippen LogP contribution in [-0.2, 0) is 0 Å². The molecular weight excluding hydrogens is 244 g/mol. The van der Waals surface area contributed by atoms with E-state index in [4.69, 9.17) is 0 Å². The van der Waals surface area contributed by atoms with E-state index in [0.29, 0.717) is 17.2 Å². The summed E-state index contributed by atoms with van der Waals surface area (Å²) in [6.07, 6.45) is 5.13. The van der Waals surface area contributed by atoms with Gasteiger partial charge in [-0.05, 0) is 69.1 Å². The van der Waals surface area contributed by atoms with Crippen LogP contribution in [0.5, 0.6) is 0 Å². The first kappa shape index (κ1) is 13.0. The molecule has 104 valence electrons. The first-order valence-corrected chi connectivity index (χ1v) is 7.28. The molecule has 2 aliphatic rings. The lowest BCUT2D eigenvalue weighted by atomic mass is 10.0. The zero-order valence-corrected chi connectivity index (χ0v) is 11.5. The molecule has 3 rings (SSSR count). The Labute approximate surface area is 113 Å². The van der Waals surface area contributed by atoms with Gasteiger partial charge in [0.05, 0.1) is 0 Å². The third-order valence-electron chi connectivity index (χ3n) is 4.45. The van der Waals surface area contributed by atoms with Crippen LogP contribution in [0.15, 0.2) is 12.1 Å². The molecule has 19 heavy (non-hydrogen) atoms. The maximum absolute atomic E-state index is 14.0. The van der Waals surface area contributed by atoms with E-state index in [9.17, 15) is 8.78 Å². The summed E-state index contributed by atoms with van der Waals surface area (Å²) in [4.78, 5) is 0. The average Bonchev–Trinajstić information content (AvgIpc) is 3.24.